The lowest BCUT2D eigenvalue weighted by Gasteiger charge is -2.10. The van der Waals surface area contributed by atoms with Crippen molar-refractivity contribution in [2.75, 3.05) is 11.9 Å². The normalized spacial score (nSPS) is 11.2. The number of benzene rings is 1. The number of hydrogen-bond acceptors (Lipinski definition) is 4. The Morgan fingerprint density at radius 3 is 2.21 bits per heavy atom. The first kappa shape index (κ1) is 22.9. The second kappa shape index (κ2) is 11.4. The van der Waals surface area contributed by atoms with E-state index < -0.39 is 10.0 Å². The van der Waals surface area contributed by atoms with Gasteiger partial charge < -0.3 is 11.1 Å². The Hall–Kier alpha value is -1.15. The predicted molar refractivity (Wildman–Crippen MR) is 99.9 cm³/mol. The zero-order chi connectivity index (χ0) is 17.3. The third-order valence-electron chi connectivity index (χ3n) is 3.20. The maximum Gasteiger partial charge on any atom is 0.240 e. The lowest BCUT2D eigenvalue weighted by Crippen LogP contribution is -2.30. The van der Waals surface area contributed by atoms with Gasteiger partial charge in [-0.2, -0.15) is 0 Å². The molecule has 0 aliphatic carbocycles. The summed E-state index contributed by atoms with van der Waals surface area (Å²) >= 11 is 0. The highest BCUT2D eigenvalue weighted by molar-refractivity contribution is 7.89. The third kappa shape index (κ3) is 8.63. The molecule has 1 aromatic rings. The van der Waals surface area contributed by atoms with Crippen LogP contribution in [0.25, 0.3) is 0 Å². The van der Waals surface area contributed by atoms with E-state index in [1.807, 2.05) is 0 Å². The van der Waals surface area contributed by atoms with Crippen LogP contribution < -0.4 is 15.8 Å². The molecule has 0 aliphatic heterocycles. The SMILES string of the molecule is CC(C)NS(=O)(=O)c1ccc(NC(=O)CCCCCCN)cc1.Cl. The van der Waals surface area contributed by atoms with Gasteiger partial charge in [-0.3, -0.25) is 4.79 Å². The van der Waals surface area contributed by atoms with Crippen LogP contribution in [0.1, 0.15) is 46.0 Å². The quantitative estimate of drug-likeness (QED) is 0.545. The van der Waals surface area contributed by atoms with E-state index in [-0.39, 0.29) is 29.3 Å². The van der Waals surface area contributed by atoms with Gasteiger partial charge in [-0.1, -0.05) is 12.8 Å². The number of carbonyl (C=O) groups excluding carboxylic acids is 1. The van der Waals surface area contributed by atoms with Crippen molar-refractivity contribution in [2.45, 2.75) is 56.9 Å². The molecule has 0 aromatic heterocycles. The second-order valence-corrected chi connectivity index (χ2v) is 7.52. The molecule has 0 aliphatic rings. The van der Waals surface area contributed by atoms with Crippen LogP contribution >= 0.6 is 12.4 Å². The minimum atomic E-state index is -3.50. The van der Waals surface area contributed by atoms with Gasteiger partial charge in [-0.05, 0) is 57.5 Å². The summed E-state index contributed by atoms with van der Waals surface area (Å²) in [6.07, 6.45) is 4.31. The van der Waals surface area contributed by atoms with Gasteiger partial charge in [0.05, 0.1) is 4.90 Å². The molecular weight excluding hydrogens is 350 g/mol. The van der Waals surface area contributed by atoms with E-state index in [9.17, 15) is 13.2 Å². The molecule has 1 rings (SSSR count). The predicted octanol–water partition coefficient (Wildman–Crippen LogP) is 2.64. The van der Waals surface area contributed by atoms with Gasteiger partial charge in [-0.25, -0.2) is 13.1 Å². The van der Waals surface area contributed by atoms with Gasteiger partial charge in [0.1, 0.15) is 0 Å². The van der Waals surface area contributed by atoms with Gasteiger partial charge in [0.25, 0.3) is 0 Å². The first-order valence-electron chi connectivity index (χ1n) is 7.97. The van der Waals surface area contributed by atoms with Crippen LogP contribution in [0.2, 0.25) is 0 Å². The van der Waals surface area contributed by atoms with Crippen molar-refractivity contribution >= 4 is 34.0 Å². The number of carbonyl (C=O) groups is 1. The Morgan fingerprint density at radius 2 is 1.67 bits per heavy atom. The molecule has 0 radical (unpaired) electrons. The zero-order valence-corrected chi connectivity index (χ0v) is 15.9. The Labute approximate surface area is 151 Å². The molecule has 0 spiro atoms. The summed E-state index contributed by atoms with van der Waals surface area (Å²) < 4.78 is 26.5. The minimum Gasteiger partial charge on any atom is -0.330 e. The molecule has 0 fully saturated rings. The molecule has 8 heteroatoms. The molecule has 0 bridgehead atoms. The van der Waals surface area contributed by atoms with Crippen molar-refractivity contribution in [1.82, 2.24) is 4.72 Å². The summed E-state index contributed by atoms with van der Waals surface area (Å²) in [5.74, 6) is -0.0614. The van der Waals surface area contributed by atoms with Crippen LogP contribution in [0.3, 0.4) is 0 Å². The number of anilines is 1. The molecule has 4 N–H and O–H groups in total. The van der Waals surface area contributed by atoms with Gasteiger partial charge >= 0.3 is 0 Å². The molecule has 0 unspecified atom stereocenters. The number of hydrogen-bond donors (Lipinski definition) is 3. The summed E-state index contributed by atoms with van der Waals surface area (Å²) in [7, 11) is -3.50. The van der Waals surface area contributed by atoms with Crippen LogP contribution in [-0.4, -0.2) is 26.9 Å². The summed E-state index contributed by atoms with van der Waals surface area (Å²) in [5.41, 5.74) is 6.01. The highest BCUT2D eigenvalue weighted by atomic mass is 35.5. The molecule has 1 amide bonds. The summed E-state index contributed by atoms with van der Waals surface area (Å²) in [6, 6.07) is 6.00. The van der Waals surface area contributed by atoms with Gasteiger partial charge in [0.15, 0.2) is 0 Å². The van der Waals surface area contributed by atoms with Crippen molar-refractivity contribution in [3.05, 3.63) is 24.3 Å². The standard InChI is InChI=1S/C16H27N3O3S.ClH/c1-13(2)19-23(21,22)15-10-8-14(9-11-15)18-16(20)7-5-3-4-6-12-17;/h8-11,13,19H,3-7,12,17H2,1-2H3,(H,18,20);1H. The molecular formula is C16H28ClN3O3S. The molecule has 0 saturated carbocycles. The van der Waals surface area contributed by atoms with E-state index in [4.69, 9.17) is 5.73 Å². The van der Waals surface area contributed by atoms with E-state index in [2.05, 4.69) is 10.0 Å². The largest absolute Gasteiger partial charge is 0.330 e. The summed E-state index contributed by atoms with van der Waals surface area (Å²) in [5, 5.41) is 2.77. The fourth-order valence-corrected chi connectivity index (χ4v) is 3.35. The lowest BCUT2D eigenvalue weighted by molar-refractivity contribution is -0.116. The van der Waals surface area contributed by atoms with E-state index >= 15 is 0 Å². The van der Waals surface area contributed by atoms with Crippen molar-refractivity contribution in [2.24, 2.45) is 5.73 Å². The van der Waals surface area contributed by atoms with Gasteiger partial charge in [0.2, 0.25) is 15.9 Å². The third-order valence-corrected chi connectivity index (χ3v) is 4.87. The van der Waals surface area contributed by atoms with Crippen LogP contribution in [0.4, 0.5) is 5.69 Å². The first-order valence-corrected chi connectivity index (χ1v) is 9.46. The molecule has 1 aromatic carbocycles. The summed E-state index contributed by atoms with van der Waals surface area (Å²) in [4.78, 5) is 12.0. The van der Waals surface area contributed by atoms with Gasteiger partial charge in [-0.15, -0.1) is 12.4 Å². The number of nitrogens with one attached hydrogen (secondary N) is 2. The monoisotopic (exact) mass is 377 g/mol. The number of halogens is 1. The van der Waals surface area contributed by atoms with Crippen LogP contribution in [0.5, 0.6) is 0 Å². The minimum absolute atomic E-state index is 0. The number of sulfonamides is 1. The maximum absolute atomic E-state index is 12.0. The number of amides is 1. The molecule has 0 heterocycles. The van der Waals surface area contributed by atoms with Gasteiger partial charge in [0, 0.05) is 18.2 Å². The fraction of sp³-hybridized carbons (Fsp3) is 0.562. The highest BCUT2D eigenvalue weighted by Gasteiger charge is 2.15. The Balaban J connectivity index is 0.00000529. The Morgan fingerprint density at radius 1 is 1.08 bits per heavy atom. The number of nitrogens with two attached hydrogens (primary N) is 1. The van der Waals surface area contributed by atoms with Crippen LogP contribution in [0.15, 0.2) is 29.2 Å². The topological polar surface area (TPSA) is 101 Å². The van der Waals surface area contributed by atoms with Crippen molar-refractivity contribution in [3.8, 4) is 0 Å². The number of rotatable bonds is 10. The molecule has 138 valence electrons. The molecule has 0 atom stereocenters. The van der Waals surface area contributed by atoms with Crippen LogP contribution in [0, 0.1) is 0 Å². The van der Waals surface area contributed by atoms with Crippen molar-refractivity contribution < 1.29 is 13.2 Å². The molecule has 24 heavy (non-hydrogen) atoms. The van der Waals surface area contributed by atoms with E-state index in [0.717, 1.165) is 25.7 Å². The zero-order valence-electron chi connectivity index (χ0n) is 14.2. The molecule has 6 nitrogen and oxygen atoms in total. The van der Waals surface area contributed by atoms with E-state index in [1.54, 1.807) is 26.0 Å². The average molecular weight is 378 g/mol. The van der Waals surface area contributed by atoms with E-state index in [1.165, 1.54) is 12.1 Å². The highest BCUT2D eigenvalue weighted by Crippen LogP contribution is 2.15. The second-order valence-electron chi connectivity index (χ2n) is 5.80. The Kier molecular flexibility index (Phi) is 10.9. The maximum atomic E-state index is 12.0. The smallest absolute Gasteiger partial charge is 0.240 e. The average Bonchev–Trinajstić information content (AvgIpc) is 2.46. The van der Waals surface area contributed by atoms with Crippen molar-refractivity contribution in [1.29, 1.82) is 0 Å². The summed E-state index contributed by atoms with van der Waals surface area (Å²) in [6.45, 7) is 4.21. The van der Waals surface area contributed by atoms with Crippen molar-refractivity contribution in [3.63, 3.8) is 0 Å². The first-order chi connectivity index (χ1) is 10.8. The van der Waals surface area contributed by atoms with Crippen LogP contribution in [-0.2, 0) is 14.8 Å². The number of unbranched alkanes of at least 4 members (excludes halogenated alkanes) is 3. The fourth-order valence-electron chi connectivity index (χ4n) is 2.10. The Bertz CT molecular complexity index is 589. The molecule has 0 saturated heterocycles. The van der Waals surface area contributed by atoms with E-state index in [0.29, 0.717) is 18.7 Å². The lowest BCUT2D eigenvalue weighted by atomic mass is 10.1.